The fourth-order valence-corrected chi connectivity index (χ4v) is 4.21. The molecule has 2 amide bonds. The summed E-state index contributed by atoms with van der Waals surface area (Å²) in [6.45, 7) is 0. The van der Waals surface area contributed by atoms with Crippen molar-refractivity contribution in [2.24, 2.45) is 5.10 Å². The summed E-state index contributed by atoms with van der Waals surface area (Å²) in [7, 11) is 0. The topological polar surface area (TPSA) is 70.6 Å². The fourth-order valence-electron chi connectivity index (χ4n) is 3.99. The average Bonchev–Trinajstić information content (AvgIpc) is 2.88. The first kappa shape index (κ1) is 22.3. The molecular weight excluding hydrogens is 458 g/mol. The number of halogens is 1. The third-order valence-electron chi connectivity index (χ3n) is 5.67. The maximum Gasteiger partial charge on any atom is 0.271 e. The molecule has 0 saturated heterocycles. The van der Waals surface area contributed by atoms with Gasteiger partial charge in [-0.15, -0.1) is 0 Å². The SMILES string of the molecule is O=C(N/N=C\c1c2ccccc2cc2ccccc12)c1cccc(NC(=O)c2ccccc2Cl)c1. The lowest BCUT2D eigenvalue weighted by Gasteiger charge is -2.09. The van der Waals surface area contributed by atoms with Crippen molar-refractivity contribution in [1.82, 2.24) is 5.43 Å². The quantitative estimate of drug-likeness (QED) is 0.169. The molecule has 35 heavy (non-hydrogen) atoms. The average molecular weight is 478 g/mol. The number of carbonyl (C=O) groups is 2. The Hall–Kier alpha value is -4.48. The van der Waals surface area contributed by atoms with E-state index in [1.807, 2.05) is 36.4 Å². The first-order chi connectivity index (χ1) is 17.1. The van der Waals surface area contributed by atoms with Crippen molar-refractivity contribution >= 4 is 56.9 Å². The normalized spacial score (nSPS) is 11.1. The van der Waals surface area contributed by atoms with Gasteiger partial charge in [-0.3, -0.25) is 9.59 Å². The summed E-state index contributed by atoms with van der Waals surface area (Å²) >= 11 is 6.11. The van der Waals surface area contributed by atoms with E-state index in [0.717, 1.165) is 27.1 Å². The van der Waals surface area contributed by atoms with Gasteiger partial charge in [0.05, 0.1) is 16.8 Å². The van der Waals surface area contributed by atoms with Crippen LogP contribution in [-0.2, 0) is 0 Å². The summed E-state index contributed by atoms with van der Waals surface area (Å²) < 4.78 is 0. The van der Waals surface area contributed by atoms with Gasteiger partial charge in [-0.1, -0.05) is 78.3 Å². The zero-order chi connectivity index (χ0) is 24.2. The third kappa shape index (κ3) is 4.76. The van der Waals surface area contributed by atoms with Gasteiger partial charge in [0.1, 0.15) is 0 Å². The van der Waals surface area contributed by atoms with Gasteiger partial charge < -0.3 is 5.32 Å². The maximum absolute atomic E-state index is 12.8. The monoisotopic (exact) mass is 477 g/mol. The number of nitrogens with zero attached hydrogens (tertiary/aromatic N) is 1. The zero-order valence-electron chi connectivity index (χ0n) is 18.5. The molecule has 0 atom stereocenters. The number of hydrogen-bond acceptors (Lipinski definition) is 3. The van der Waals surface area contributed by atoms with Gasteiger partial charge in [-0.2, -0.15) is 5.10 Å². The number of hydrogen-bond donors (Lipinski definition) is 2. The van der Waals surface area contributed by atoms with E-state index in [0.29, 0.717) is 21.8 Å². The molecule has 6 heteroatoms. The molecule has 170 valence electrons. The van der Waals surface area contributed by atoms with E-state index in [4.69, 9.17) is 11.6 Å². The van der Waals surface area contributed by atoms with E-state index in [-0.39, 0.29) is 11.8 Å². The highest BCUT2D eigenvalue weighted by Crippen LogP contribution is 2.27. The van der Waals surface area contributed by atoms with Crippen LogP contribution in [0.4, 0.5) is 5.69 Å². The van der Waals surface area contributed by atoms with Gasteiger partial charge in [0, 0.05) is 16.8 Å². The Morgan fingerprint density at radius 1 is 0.714 bits per heavy atom. The van der Waals surface area contributed by atoms with Crippen molar-refractivity contribution in [3.05, 3.63) is 125 Å². The standard InChI is InChI=1S/C29H20ClN3O2/c30-27-15-6-5-14-25(27)29(35)32-22-11-7-10-21(17-22)28(34)33-31-18-26-23-12-3-1-8-19(23)16-20-9-2-4-13-24(20)26/h1-18H,(H,32,35)(H,33,34)/b31-18-. The van der Waals surface area contributed by atoms with Gasteiger partial charge in [0.2, 0.25) is 0 Å². The first-order valence-electron chi connectivity index (χ1n) is 11.0. The molecule has 0 aliphatic heterocycles. The predicted molar refractivity (Wildman–Crippen MR) is 142 cm³/mol. The van der Waals surface area contributed by atoms with Crippen LogP contribution in [-0.4, -0.2) is 18.0 Å². The minimum absolute atomic E-state index is 0.353. The van der Waals surface area contributed by atoms with Gasteiger partial charge in [0.15, 0.2) is 0 Å². The molecule has 0 aliphatic rings. The van der Waals surface area contributed by atoms with Crippen LogP contribution in [0.2, 0.25) is 5.02 Å². The number of anilines is 1. The molecule has 2 N–H and O–H groups in total. The Morgan fingerprint density at radius 2 is 1.37 bits per heavy atom. The molecule has 0 radical (unpaired) electrons. The molecule has 0 spiro atoms. The van der Waals surface area contributed by atoms with Crippen LogP contribution >= 0.6 is 11.6 Å². The summed E-state index contributed by atoms with van der Waals surface area (Å²) in [5.41, 5.74) is 4.72. The zero-order valence-corrected chi connectivity index (χ0v) is 19.3. The molecule has 5 nitrogen and oxygen atoms in total. The minimum atomic E-state index is -0.389. The van der Waals surface area contributed by atoms with Crippen LogP contribution < -0.4 is 10.7 Å². The van der Waals surface area contributed by atoms with Gasteiger partial charge >= 0.3 is 0 Å². The number of benzene rings is 5. The van der Waals surface area contributed by atoms with E-state index in [9.17, 15) is 9.59 Å². The first-order valence-corrected chi connectivity index (χ1v) is 11.4. The molecule has 5 aromatic carbocycles. The Morgan fingerprint density at radius 3 is 2.09 bits per heavy atom. The number of amides is 2. The largest absolute Gasteiger partial charge is 0.322 e. The van der Waals surface area contributed by atoms with Gasteiger partial charge in [0.25, 0.3) is 11.8 Å². The van der Waals surface area contributed by atoms with Crippen LogP contribution in [0.5, 0.6) is 0 Å². The molecular formula is C29H20ClN3O2. The Bertz CT molecular complexity index is 1560. The number of nitrogens with one attached hydrogen (secondary N) is 2. The maximum atomic E-state index is 12.8. The lowest BCUT2D eigenvalue weighted by Crippen LogP contribution is -2.18. The molecule has 0 fully saturated rings. The Kier molecular flexibility index (Phi) is 6.24. The summed E-state index contributed by atoms with van der Waals surface area (Å²) in [5.74, 6) is -0.742. The second-order valence-electron chi connectivity index (χ2n) is 7.95. The van der Waals surface area contributed by atoms with E-state index in [2.05, 4.69) is 34.0 Å². The summed E-state index contributed by atoms with van der Waals surface area (Å²) in [5, 5.41) is 11.7. The van der Waals surface area contributed by atoms with Crippen LogP contribution in [0.25, 0.3) is 21.5 Å². The molecule has 0 saturated carbocycles. The second-order valence-corrected chi connectivity index (χ2v) is 8.35. The van der Waals surface area contributed by atoms with Crippen LogP contribution in [0, 0.1) is 0 Å². The highest BCUT2D eigenvalue weighted by molar-refractivity contribution is 6.34. The molecule has 0 unspecified atom stereocenters. The van der Waals surface area contributed by atoms with Gasteiger partial charge in [-0.25, -0.2) is 5.43 Å². The van der Waals surface area contributed by atoms with E-state index in [1.54, 1.807) is 54.7 Å². The summed E-state index contributed by atoms with van der Waals surface area (Å²) in [6, 6.07) is 31.7. The van der Waals surface area contributed by atoms with Crippen LogP contribution in [0.15, 0.2) is 108 Å². The number of rotatable bonds is 5. The molecule has 0 bridgehead atoms. The summed E-state index contributed by atoms with van der Waals surface area (Å²) in [4.78, 5) is 25.3. The van der Waals surface area contributed by atoms with Crippen molar-refractivity contribution in [3.63, 3.8) is 0 Å². The van der Waals surface area contributed by atoms with Gasteiger partial charge in [-0.05, 0) is 57.9 Å². The second kappa shape index (κ2) is 9.79. The minimum Gasteiger partial charge on any atom is -0.322 e. The van der Waals surface area contributed by atoms with Crippen LogP contribution in [0.1, 0.15) is 26.3 Å². The van der Waals surface area contributed by atoms with E-state index in [1.165, 1.54) is 0 Å². The lowest BCUT2D eigenvalue weighted by atomic mass is 9.97. The third-order valence-corrected chi connectivity index (χ3v) is 6.00. The predicted octanol–water partition coefficient (Wildman–Crippen LogP) is 6.66. The molecule has 5 aromatic rings. The van der Waals surface area contributed by atoms with Crippen LogP contribution in [0.3, 0.4) is 0 Å². The van der Waals surface area contributed by atoms with E-state index >= 15 is 0 Å². The molecule has 0 aliphatic carbocycles. The Labute approximate surface area is 207 Å². The summed E-state index contributed by atoms with van der Waals surface area (Å²) in [6.07, 6.45) is 1.67. The van der Waals surface area contributed by atoms with Crippen molar-refractivity contribution in [2.75, 3.05) is 5.32 Å². The molecule has 0 heterocycles. The number of hydrazone groups is 1. The van der Waals surface area contributed by atoms with Crippen molar-refractivity contribution in [2.45, 2.75) is 0 Å². The van der Waals surface area contributed by atoms with Crippen molar-refractivity contribution < 1.29 is 9.59 Å². The van der Waals surface area contributed by atoms with Crippen molar-refractivity contribution in [3.8, 4) is 0 Å². The number of carbonyl (C=O) groups excluding carboxylic acids is 2. The van der Waals surface area contributed by atoms with Crippen molar-refractivity contribution in [1.29, 1.82) is 0 Å². The molecule has 5 rings (SSSR count). The molecule has 0 aromatic heterocycles. The Balaban J connectivity index is 1.36. The highest BCUT2D eigenvalue weighted by atomic mass is 35.5. The lowest BCUT2D eigenvalue weighted by molar-refractivity contribution is 0.0953. The van der Waals surface area contributed by atoms with E-state index < -0.39 is 0 Å². The smallest absolute Gasteiger partial charge is 0.271 e. The fraction of sp³-hybridized carbons (Fsp3) is 0. The highest BCUT2D eigenvalue weighted by Gasteiger charge is 2.12. The number of fused-ring (bicyclic) bond motifs is 2.